The third kappa shape index (κ3) is 3.21. The molecule has 6 nitrogen and oxygen atoms in total. The van der Waals surface area contributed by atoms with Gasteiger partial charge in [-0.3, -0.25) is 0 Å². The summed E-state index contributed by atoms with van der Waals surface area (Å²) in [7, 11) is 1.94. The van der Waals surface area contributed by atoms with Crippen molar-refractivity contribution < 1.29 is 5.11 Å². The van der Waals surface area contributed by atoms with E-state index in [4.69, 9.17) is 0 Å². The van der Waals surface area contributed by atoms with Crippen LogP contribution in [-0.4, -0.2) is 37.5 Å². The monoisotopic (exact) mass is 287 g/mol. The minimum absolute atomic E-state index is 0.280. The van der Waals surface area contributed by atoms with E-state index in [2.05, 4.69) is 20.5 Å². The second-order valence-corrected chi connectivity index (χ2v) is 5.72. The van der Waals surface area contributed by atoms with Crippen LogP contribution < -0.4 is 5.32 Å². The van der Waals surface area contributed by atoms with Gasteiger partial charge in [-0.1, -0.05) is 6.42 Å². The van der Waals surface area contributed by atoms with Crippen LogP contribution in [0.4, 0.5) is 5.82 Å². The topological polar surface area (TPSA) is 75.9 Å². The van der Waals surface area contributed by atoms with Crippen LogP contribution in [-0.2, 0) is 7.05 Å². The van der Waals surface area contributed by atoms with Gasteiger partial charge >= 0.3 is 0 Å². The maximum atomic E-state index is 9.28. The number of nitrogens with one attached hydrogen (secondary N) is 1. The van der Waals surface area contributed by atoms with E-state index in [1.54, 1.807) is 6.20 Å². The zero-order valence-corrected chi connectivity index (χ0v) is 12.2. The molecule has 0 radical (unpaired) electrons. The SMILES string of the molecule is Cn1ccnc1-c1ccc(N[C@@H]2CCC[C@@H](CO)C2)nn1. The zero-order chi connectivity index (χ0) is 14.7. The quantitative estimate of drug-likeness (QED) is 0.897. The number of hydrogen-bond donors (Lipinski definition) is 2. The molecule has 2 atom stereocenters. The van der Waals surface area contributed by atoms with Crippen molar-refractivity contribution in [2.75, 3.05) is 11.9 Å². The second-order valence-electron chi connectivity index (χ2n) is 5.72. The number of rotatable bonds is 4. The molecule has 21 heavy (non-hydrogen) atoms. The molecule has 0 unspecified atom stereocenters. The van der Waals surface area contributed by atoms with Crippen LogP contribution in [0.15, 0.2) is 24.5 Å². The maximum absolute atomic E-state index is 9.28. The molecule has 1 fully saturated rings. The van der Waals surface area contributed by atoms with E-state index in [1.807, 2.05) is 29.9 Å². The average molecular weight is 287 g/mol. The first-order valence-corrected chi connectivity index (χ1v) is 7.45. The highest BCUT2D eigenvalue weighted by Gasteiger charge is 2.21. The summed E-state index contributed by atoms with van der Waals surface area (Å²) in [5.41, 5.74) is 0.768. The number of hydrogen-bond acceptors (Lipinski definition) is 5. The van der Waals surface area contributed by atoms with E-state index in [-0.39, 0.29) is 6.61 Å². The van der Waals surface area contributed by atoms with Crippen molar-refractivity contribution in [3.8, 4) is 11.5 Å². The maximum Gasteiger partial charge on any atom is 0.160 e. The molecule has 1 saturated carbocycles. The third-order valence-electron chi connectivity index (χ3n) is 4.11. The number of aryl methyl sites for hydroxylation is 1. The van der Waals surface area contributed by atoms with Gasteiger partial charge in [-0.15, -0.1) is 10.2 Å². The highest BCUT2D eigenvalue weighted by atomic mass is 16.3. The van der Waals surface area contributed by atoms with Crippen molar-refractivity contribution in [3.63, 3.8) is 0 Å². The van der Waals surface area contributed by atoms with Gasteiger partial charge in [0.1, 0.15) is 11.5 Å². The fraction of sp³-hybridized carbons (Fsp3) is 0.533. The number of aliphatic hydroxyl groups excluding tert-OH is 1. The van der Waals surface area contributed by atoms with Crippen molar-refractivity contribution in [1.82, 2.24) is 19.7 Å². The number of aliphatic hydroxyl groups is 1. The van der Waals surface area contributed by atoms with Crippen LogP contribution in [0.5, 0.6) is 0 Å². The van der Waals surface area contributed by atoms with Gasteiger partial charge in [0.05, 0.1) is 0 Å². The molecule has 112 valence electrons. The number of aromatic nitrogens is 4. The Morgan fingerprint density at radius 1 is 1.33 bits per heavy atom. The van der Waals surface area contributed by atoms with E-state index in [1.165, 1.54) is 0 Å². The van der Waals surface area contributed by atoms with Crippen molar-refractivity contribution >= 4 is 5.82 Å². The number of nitrogens with zero attached hydrogens (tertiary/aromatic N) is 4. The zero-order valence-electron chi connectivity index (χ0n) is 12.2. The molecular weight excluding hydrogens is 266 g/mol. The second kappa shape index (κ2) is 6.22. The number of imidazole rings is 1. The summed E-state index contributed by atoms with van der Waals surface area (Å²) in [5, 5.41) is 21.2. The predicted molar refractivity (Wildman–Crippen MR) is 80.7 cm³/mol. The highest BCUT2D eigenvalue weighted by molar-refractivity contribution is 5.51. The summed E-state index contributed by atoms with van der Waals surface area (Å²) in [5.74, 6) is 2.01. The molecule has 0 bridgehead atoms. The van der Waals surface area contributed by atoms with Crippen LogP contribution in [0.3, 0.4) is 0 Å². The van der Waals surface area contributed by atoms with Gasteiger partial charge in [-0.05, 0) is 37.3 Å². The van der Waals surface area contributed by atoms with Crippen molar-refractivity contribution in [3.05, 3.63) is 24.5 Å². The molecule has 3 rings (SSSR count). The fourth-order valence-electron chi connectivity index (χ4n) is 2.94. The number of anilines is 1. The molecule has 0 spiro atoms. The first-order chi connectivity index (χ1) is 10.3. The Labute approximate surface area is 124 Å². The van der Waals surface area contributed by atoms with E-state index >= 15 is 0 Å². The molecule has 0 aromatic carbocycles. The van der Waals surface area contributed by atoms with Gasteiger partial charge in [0.25, 0.3) is 0 Å². The van der Waals surface area contributed by atoms with Crippen molar-refractivity contribution in [1.29, 1.82) is 0 Å². The molecule has 2 aromatic rings. The molecular formula is C15H21N5O. The molecule has 2 heterocycles. The van der Waals surface area contributed by atoms with Gasteiger partial charge in [-0.25, -0.2) is 4.98 Å². The largest absolute Gasteiger partial charge is 0.396 e. The average Bonchev–Trinajstić information content (AvgIpc) is 2.94. The van der Waals surface area contributed by atoms with E-state index < -0.39 is 0 Å². The molecule has 1 aliphatic carbocycles. The van der Waals surface area contributed by atoms with Crippen LogP contribution in [0, 0.1) is 5.92 Å². The van der Waals surface area contributed by atoms with E-state index in [0.717, 1.165) is 43.0 Å². The lowest BCUT2D eigenvalue weighted by Gasteiger charge is -2.28. The fourth-order valence-corrected chi connectivity index (χ4v) is 2.94. The summed E-state index contributed by atoms with van der Waals surface area (Å²) in [6.07, 6.45) is 8.04. The van der Waals surface area contributed by atoms with Gasteiger partial charge in [0.2, 0.25) is 0 Å². The molecule has 1 aliphatic rings. The summed E-state index contributed by atoms with van der Waals surface area (Å²) < 4.78 is 1.92. The van der Waals surface area contributed by atoms with E-state index in [0.29, 0.717) is 12.0 Å². The van der Waals surface area contributed by atoms with Crippen LogP contribution in [0.1, 0.15) is 25.7 Å². The van der Waals surface area contributed by atoms with Crippen LogP contribution >= 0.6 is 0 Å². The molecule has 0 amide bonds. The first kappa shape index (κ1) is 14.0. The lowest BCUT2D eigenvalue weighted by atomic mass is 9.86. The third-order valence-corrected chi connectivity index (χ3v) is 4.11. The Balaban J connectivity index is 1.66. The lowest BCUT2D eigenvalue weighted by Crippen LogP contribution is -2.29. The van der Waals surface area contributed by atoms with Crippen molar-refractivity contribution in [2.24, 2.45) is 13.0 Å². The predicted octanol–water partition coefficient (Wildman–Crippen LogP) is 1.84. The standard InChI is InChI=1S/C15H21N5O/c1-20-8-7-16-15(20)13-5-6-14(19-18-13)17-12-4-2-3-11(9-12)10-21/h5-8,11-12,21H,2-4,9-10H2,1H3,(H,17,19)/t11-,12-/m1/s1. The summed E-state index contributed by atoms with van der Waals surface area (Å²) in [6.45, 7) is 0.280. The van der Waals surface area contributed by atoms with E-state index in [9.17, 15) is 5.11 Å². The minimum atomic E-state index is 0.280. The molecule has 2 aromatic heterocycles. The Kier molecular flexibility index (Phi) is 4.15. The van der Waals surface area contributed by atoms with Crippen LogP contribution in [0.25, 0.3) is 11.5 Å². The van der Waals surface area contributed by atoms with Crippen molar-refractivity contribution in [2.45, 2.75) is 31.7 Å². The lowest BCUT2D eigenvalue weighted by molar-refractivity contribution is 0.184. The smallest absolute Gasteiger partial charge is 0.160 e. The normalized spacial score (nSPS) is 22.2. The van der Waals surface area contributed by atoms with Crippen LogP contribution in [0.2, 0.25) is 0 Å². The Morgan fingerprint density at radius 3 is 2.90 bits per heavy atom. The molecule has 0 aliphatic heterocycles. The summed E-state index contributed by atoms with van der Waals surface area (Å²) in [4.78, 5) is 4.26. The summed E-state index contributed by atoms with van der Waals surface area (Å²) in [6, 6.07) is 4.26. The van der Waals surface area contributed by atoms with Gasteiger partial charge in [0, 0.05) is 32.1 Å². The highest BCUT2D eigenvalue weighted by Crippen LogP contribution is 2.26. The first-order valence-electron chi connectivity index (χ1n) is 7.45. The van der Waals surface area contributed by atoms with Gasteiger partial charge in [-0.2, -0.15) is 0 Å². The van der Waals surface area contributed by atoms with Gasteiger partial charge < -0.3 is 15.0 Å². The Bertz CT molecular complexity index is 580. The van der Waals surface area contributed by atoms with Gasteiger partial charge in [0.15, 0.2) is 5.82 Å². The molecule has 0 saturated heterocycles. The molecule has 6 heteroatoms. The Hall–Kier alpha value is -1.95. The Morgan fingerprint density at radius 2 is 2.24 bits per heavy atom. The summed E-state index contributed by atoms with van der Waals surface area (Å²) >= 11 is 0. The molecule has 2 N–H and O–H groups in total. The minimum Gasteiger partial charge on any atom is -0.396 e.